The Morgan fingerprint density at radius 3 is 2.44 bits per heavy atom. The van der Waals surface area contributed by atoms with Gasteiger partial charge < -0.3 is 14.4 Å². The maximum atomic E-state index is 12.8. The maximum absolute atomic E-state index is 12.8. The Hall–Kier alpha value is -3.67. The molecule has 1 aliphatic rings. The molecule has 0 radical (unpaired) electrons. The molecule has 1 atom stereocenters. The van der Waals surface area contributed by atoms with Gasteiger partial charge in [-0.25, -0.2) is 0 Å². The van der Waals surface area contributed by atoms with Gasteiger partial charge >= 0.3 is 0 Å². The normalized spacial score (nSPS) is 18.8. The van der Waals surface area contributed by atoms with Gasteiger partial charge in [0.05, 0.1) is 11.8 Å². The molecule has 4 rings (SSSR count). The highest BCUT2D eigenvalue weighted by atomic mass is 16.3. The minimum atomic E-state index is -0.798. The molecule has 1 aliphatic heterocycles. The number of carbonyl (C=O) groups excluding carboxylic acids is 2. The lowest BCUT2D eigenvalue weighted by Crippen LogP contribution is -2.29. The topological polar surface area (TPSA) is 83.6 Å². The lowest BCUT2D eigenvalue weighted by molar-refractivity contribution is -0.140. The summed E-state index contributed by atoms with van der Waals surface area (Å²) in [5, 5.41) is 10.8. The van der Waals surface area contributed by atoms with Gasteiger partial charge in [-0.05, 0) is 29.8 Å². The molecule has 1 N–H and O–H groups in total. The van der Waals surface area contributed by atoms with E-state index in [-0.39, 0.29) is 17.9 Å². The van der Waals surface area contributed by atoms with Crippen LogP contribution in [0.3, 0.4) is 0 Å². The Morgan fingerprint density at radius 1 is 1.04 bits per heavy atom. The zero-order valence-electron chi connectivity index (χ0n) is 14.3. The number of hydrogen-bond donors (Lipinski definition) is 1. The maximum Gasteiger partial charge on any atom is 0.296 e. The summed E-state index contributed by atoms with van der Waals surface area (Å²) in [5.41, 5.74) is 1.31. The molecule has 1 saturated heterocycles. The summed E-state index contributed by atoms with van der Waals surface area (Å²) < 4.78 is 5.49. The SMILES string of the molecule is O=C1C(=O)N(Cc2ccncc2)C(c2ccco2)/C1=C(/O)c1ccccc1. The van der Waals surface area contributed by atoms with Gasteiger partial charge in [0, 0.05) is 24.5 Å². The molecule has 134 valence electrons. The molecule has 1 fully saturated rings. The number of hydrogen-bond acceptors (Lipinski definition) is 5. The molecule has 1 amide bonds. The highest BCUT2D eigenvalue weighted by molar-refractivity contribution is 6.46. The molecule has 6 nitrogen and oxygen atoms in total. The minimum absolute atomic E-state index is 0.0233. The van der Waals surface area contributed by atoms with Gasteiger partial charge in [-0.2, -0.15) is 0 Å². The molecule has 27 heavy (non-hydrogen) atoms. The number of ketones is 1. The third-order valence-electron chi connectivity index (χ3n) is 4.50. The fourth-order valence-electron chi connectivity index (χ4n) is 3.22. The quantitative estimate of drug-likeness (QED) is 0.438. The van der Waals surface area contributed by atoms with E-state index >= 15 is 0 Å². The standard InChI is InChI=1S/C21H16N2O4/c24-19(15-5-2-1-3-6-15)17-18(16-7-4-12-27-16)23(21(26)20(17)25)13-14-8-10-22-11-9-14/h1-12,18,24H,13H2/b19-17-. The Bertz CT molecular complexity index is 995. The van der Waals surface area contributed by atoms with Gasteiger partial charge in [-0.15, -0.1) is 0 Å². The fraction of sp³-hybridized carbons (Fsp3) is 0.0952. The number of Topliss-reactive ketones (excluding diaryl/α,β-unsaturated/α-hetero) is 1. The number of aromatic nitrogens is 1. The molecule has 2 aromatic heterocycles. The van der Waals surface area contributed by atoms with Crippen molar-refractivity contribution in [3.05, 3.63) is 95.7 Å². The van der Waals surface area contributed by atoms with E-state index in [0.717, 1.165) is 5.56 Å². The second-order valence-corrected chi connectivity index (χ2v) is 6.16. The minimum Gasteiger partial charge on any atom is -0.507 e. The van der Waals surface area contributed by atoms with Gasteiger partial charge in [-0.3, -0.25) is 14.6 Å². The number of carbonyl (C=O) groups is 2. The van der Waals surface area contributed by atoms with Gasteiger partial charge in [0.25, 0.3) is 11.7 Å². The molecule has 1 unspecified atom stereocenters. The van der Waals surface area contributed by atoms with E-state index in [4.69, 9.17) is 4.42 Å². The first-order valence-corrected chi connectivity index (χ1v) is 8.43. The average molecular weight is 360 g/mol. The predicted molar refractivity (Wildman–Crippen MR) is 97.2 cm³/mol. The highest BCUT2D eigenvalue weighted by Gasteiger charge is 2.47. The summed E-state index contributed by atoms with van der Waals surface area (Å²) in [4.78, 5) is 30.9. The molecule has 0 aliphatic carbocycles. The zero-order valence-corrected chi connectivity index (χ0v) is 14.3. The Kier molecular flexibility index (Phi) is 4.30. The number of likely N-dealkylation sites (tertiary alicyclic amines) is 1. The van der Waals surface area contributed by atoms with Crippen LogP contribution in [0.25, 0.3) is 5.76 Å². The van der Waals surface area contributed by atoms with Crippen LogP contribution in [0.1, 0.15) is 22.9 Å². The Balaban J connectivity index is 1.83. The Labute approximate surface area is 155 Å². The number of furan rings is 1. The summed E-state index contributed by atoms with van der Waals surface area (Å²) in [6, 6.07) is 14.8. The molecule has 0 saturated carbocycles. The average Bonchev–Trinajstić information content (AvgIpc) is 3.32. The summed E-state index contributed by atoms with van der Waals surface area (Å²) >= 11 is 0. The number of aliphatic hydroxyl groups is 1. The van der Waals surface area contributed by atoms with Crippen molar-refractivity contribution < 1.29 is 19.1 Å². The van der Waals surface area contributed by atoms with Crippen molar-refractivity contribution in [1.29, 1.82) is 0 Å². The molecule has 6 heteroatoms. The number of amides is 1. The molecule has 0 spiro atoms. The molecular weight excluding hydrogens is 344 g/mol. The van der Waals surface area contributed by atoms with E-state index in [2.05, 4.69) is 4.98 Å². The van der Waals surface area contributed by atoms with Crippen LogP contribution in [0.15, 0.2) is 83.2 Å². The second kappa shape index (κ2) is 6.92. The van der Waals surface area contributed by atoms with E-state index in [0.29, 0.717) is 11.3 Å². The predicted octanol–water partition coefficient (Wildman–Crippen LogP) is 3.30. The van der Waals surface area contributed by atoms with E-state index < -0.39 is 17.7 Å². The number of rotatable bonds is 4. The van der Waals surface area contributed by atoms with Crippen LogP contribution in [0, 0.1) is 0 Å². The van der Waals surface area contributed by atoms with Crippen LogP contribution in [-0.4, -0.2) is 26.7 Å². The van der Waals surface area contributed by atoms with Gasteiger partial charge in [-0.1, -0.05) is 30.3 Å². The molecular formula is C21H16N2O4. The highest BCUT2D eigenvalue weighted by Crippen LogP contribution is 2.40. The van der Waals surface area contributed by atoms with Crippen molar-refractivity contribution >= 4 is 17.4 Å². The molecule has 3 heterocycles. The molecule has 1 aromatic carbocycles. The van der Waals surface area contributed by atoms with E-state index in [1.807, 2.05) is 6.07 Å². The number of pyridine rings is 1. The van der Waals surface area contributed by atoms with Gasteiger partial charge in [0.1, 0.15) is 17.6 Å². The third-order valence-corrected chi connectivity index (χ3v) is 4.50. The van der Waals surface area contributed by atoms with E-state index in [1.54, 1.807) is 60.9 Å². The first kappa shape index (κ1) is 16.8. The van der Waals surface area contributed by atoms with Crippen molar-refractivity contribution in [1.82, 2.24) is 9.88 Å². The van der Waals surface area contributed by atoms with Crippen LogP contribution in [0.2, 0.25) is 0 Å². The van der Waals surface area contributed by atoms with Crippen molar-refractivity contribution in [2.45, 2.75) is 12.6 Å². The first-order valence-electron chi connectivity index (χ1n) is 8.43. The van der Waals surface area contributed by atoms with Gasteiger partial charge in [0.15, 0.2) is 0 Å². The molecule has 0 bridgehead atoms. The van der Waals surface area contributed by atoms with E-state index in [1.165, 1.54) is 11.2 Å². The van der Waals surface area contributed by atoms with Crippen molar-refractivity contribution in [3.63, 3.8) is 0 Å². The third kappa shape index (κ3) is 3.01. The number of aliphatic hydroxyl groups excluding tert-OH is 1. The first-order chi connectivity index (χ1) is 13.2. The van der Waals surface area contributed by atoms with Crippen LogP contribution in [-0.2, 0) is 16.1 Å². The molecule has 3 aromatic rings. The van der Waals surface area contributed by atoms with E-state index in [9.17, 15) is 14.7 Å². The largest absolute Gasteiger partial charge is 0.507 e. The van der Waals surface area contributed by atoms with Crippen molar-refractivity contribution in [2.75, 3.05) is 0 Å². The van der Waals surface area contributed by atoms with Gasteiger partial charge in [0.2, 0.25) is 0 Å². The van der Waals surface area contributed by atoms with Crippen LogP contribution < -0.4 is 0 Å². The van der Waals surface area contributed by atoms with Crippen LogP contribution in [0.4, 0.5) is 0 Å². The van der Waals surface area contributed by atoms with Crippen LogP contribution in [0.5, 0.6) is 0 Å². The van der Waals surface area contributed by atoms with Crippen LogP contribution >= 0.6 is 0 Å². The fourth-order valence-corrected chi connectivity index (χ4v) is 3.22. The summed E-state index contributed by atoms with van der Waals surface area (Å²) in [6.07, 6.45) is 4.72. The second-order valence-electron chi connectivity index (χ2n) is 6.16. The zero-order chi connectivity index (χ0) is 18.8. The summed E-state index contributed by atoms with van der Waals surface area (Å²) in [5.74, 6) is -1.20. The number of benzene rings is 1. The van der Waals surface area contributed by atoms with Crippen molar-refractivity contribution in [2.24, 2.45) is 0 Å². The number of nitrogens with zero attached hydrogens (tertiary/aromatic N) is 2. The lowest BCUT2D eigenvalue weighted by Gasteiger charge is -2.23. The Morgan fingerprint density at radius 2 is 1.78 bits per heavy atom. The monoisotopic (exact) mass is 360 g/mol. The smallest absolute Gasteiger partial charge is 0.296 e. The summed E-state index contributed by atoms with van der Waals surface area (Å²) in [6.45, 7) is 0.198. The summed E-state index contributed by atoms with van der Waals surface area (Å²) in [7, 11) is 0. The lowest BCUT2D eigenvalue weighted by atomic mass is 9.99. The van der Waals surface area contributed by atoms with Crippen molar-refractivity contribution in [3.8, 4) is 0 Å².